The quantitative estimate of drug-likeness (QED) is 0.898. The van der Waals surface area contributed by atoms with Crippen molar-refractivity contribution in [2.45, 2.75) is 25.9 Å². The molecule has 0 saturated carbocycles. The molecule has 0 bridgehead atoms. The summed E-state index contributed by atoms with van der Waals surface area (Å²) in [6.45, 7) is 2.55. The van der Waals surface area contributed by atoms with Crippen LogP contribution in [0.3, 0.4) is 0 Å². The third kappa shape index (κ3) is 2.15. The zero-order valence-electron chi connectivity index (χ0n) is 11.8. The average molecular weight is 267 g/mol. The van der Waals surface area contributed by atoms with E-state index < -0.39 is 6.10 Å². The van der Waals surface area contributed by atoms with Crippen LogP contribution in [-0.2, 0) is 12.8 Å². The maximum absolute atomic E-state index is 10.9. The van der Waals surface area contributed by atoms with Crippen molar-refractivity contribution in [3.8, 4) is 0 Å². The molecule has 1 atom stereocenters. The number of hydrogen-bond acceptors (Lipinski definition) is 2. The molecule has 2 aromatic carbocycles. The molecule has 104 valence electrons. The van der Waals surface area contributed by atoms with Crippen LogP contribution in [0.25, 0.3) is 0 Å². The molecule has 3 N–H and O–H groups in total. The number of aryl methyl sites for hydroxylation is 1. The average Bonchev–Trinajstić information content (AvgIpc) is 2.87. The van der Waals surface area contributed by atoms with E-state index in [-0.39, 0.29) is 5.41 Å². The Morgan fingerprint density at radius 2 is 1.60 bits per heavy atom. The zero-order valence-corrected chi connectivity index (χ0v) is 11.8. The lowest BCUT2D eigenvalue weighted by atomic mass is 9.76. The third-order valence-electron chi connectivity index (χ3n) is 4.58. The molecule has 0 aromatic heterocycles. The van der Waals surface area contributed by atoms with E-state index in [1.165, 1.54) is 16.7 Å². The van der Waals surface area contributed by atoms with Crippen molar-refractivity contribution < 1.29 is 5.11 Å². The van der Waals surface area contributed by atoms with Gasteiger partial charge in [0.15, 0.2) is 0 Å². The Kier molecular flexibility index (Phi) is 3.36. The number of aliphatic hydroxyl groups is 1. The Hall–Kier alpha value is -1.64. The summed E-state index contributed by atoms with van der Waals surface area (Å²) in [4.78, 5) is 0. The topological polar surface area (TPSA) is 46.2 Å². The van der Waals surface area contributed by atoms with Gasteiger partial charge in [-0.05, 0) is 36.5 Å². The molecule has 0 heterocycles. The molecular weight excluding hydrogens is 246 g/mol. The SMILES string of the molecule is Cc1ccc(C(O)C2(CN)Cc3ccccc3C2)cc1. The highest BCUT2D eigenvalue weighted by Crippen LogP contribution is 2.45. The minimum atomic E-state index is -0.513. The molecule has 2 nitrogen and oxygen atoms in total. The van der Waals surface area contributed by atoms with E-state index >= 15 is 0 Å². The summed E-state index contributed by atoms with van der Waals surface area (Å²) in [5, 5.41) is 10.9. The number of nitrogens with two attached hydrogens (primary N) is 1. The van der Waals surface area contributed by atoms with Gasteiger partial charge in [0.1, 0.15) is 0 Å². The molecule has 3 rings (SSSR count). The molecular formula is C18H21NO. The number of aliphatic hydroxyl groups excluding tert-OH is 1. The number of fused-ring (bicyclic) bond motifs is 1. The van der Waals surface area contributed by atoms with Gasteiger partial charge in [-0.2, -0.15) is 0 Å². The summed E-state index contributed by atoms with van der Waals surface area (Å²) in [6, 6.07) is 16.5. The molecule has 0 fully saturated rings. The van der Waals surface area contributed by atoms with E-state index in [1.54, 1.807) is 0 Å². The maximum Gasteiger partial charge on any atom is 0.0864 e. The van der Waals surface area contributed by atoms with Crippen molar-refractivity contribution in [2.75, 3.05) is 6.54 Å². The second kappa shape index (κ2) is 5.04. The Bertz CT molecular complexity index is 578. The molecule has 2 heteroatoms. The van der Waals surface area contributed by atoms with E-state index in [1.807, 2.05) is 24.3 Å². The highest BCUT2D eigenvalue weighted by molar-refractivity contribution is 5.37. The van der Waals surface area contributed by atoms with Gasteiger partial charge in [-0.3, -0.25) is 0 Å². The molecule has 20 heavy (non-hydrogen) atoms. The monoisotopic (exact) mass is 267 g/mol. The van der Waals surface area contributed by atoms with Gasteiger partial charge in [0.05, 0.1) is 6.10 Å². The highest BCUT2D eigenvalue weighted by atomic mass is 16.3. The smallest absolute Gasteiger partial charge is 0.0864 e. The first kappa shape index (κ1) is 13.3. The van der Waals surface area contributed by atoms with Crippen molar-refractivity contribution >= 4 is 0 Å². The van der Waals surface area contributed by atoms with E-state index in [9.17, 15) is 5.11 Å². The summed E-state index contributed by atoms with van der Waals surface area (Å²) in [7, 11) is 0. The van der Waals surface area contributed by atoms with Gasteiger partial charge >= 0.3 is 0 Å². The van der Waals surface area contributed by atoms with Gasteiger partial charge < -0.3 is 10.8 Å². The Labute approximate surface area is 120 Å². The molecule has 0 spiro atoms. The summed E-state index contributed by atoms with van der Waals surface area (Å²) >= 11 is 0. The molecule has 1 aliphatic carbocycles. The first-order chi connectivity index (χ1) is 9.64. The fourth-order valence-corrected chi connectivity index (χ4v) is 3.28. The second-order valence-electron chi connectivity index (χ2n) is 6.00. The minimum Gasteiger partial charge on any atom is -0.388 e. The fourth-order valence-electron chi connectivity index (χ4n) is 3.28. The minimum absolute atomic E-state index is 0.265. The predicted octanol–water partition coefficient (Wildman–Crippen LogP) is 2.77. The molecule has 2 aromatic rings. The number of rotatable bonds is 3. The largest absolute Gasteiger partial charge is 0.388 e. The van der Waals surface area contributed by atoms with Crippen LogP contribution in [0.2, 0.25) is 0 Å². The van der Waals surface area contributed by atoms with Gasteiger partial charge in [-0.15, -0.1) is 0 Å². The lowest BCUT2D eigenvalue weighted by molar-refractivity contribution is 0.0358. The standard InChI is InChI=1S/C18H21NO/c1-13-6-8-14(9-7-13)17(20)18(12-19)10-15-4-2-3-5-16(15)11-18/h2-9,17,20H,10-12,19H2,1H3. The van der Waals surface area contributed by atoms with Crippen LogP contribution in [0.15, 0.2) is 48.5 Å². The van der Waals surface area contributed by atoms with Gasteiger partial charge in [-0.25, -0.2) is 0 Å². The molecule has 0 radical (unpaired) electrons. The molecule has 1 unspecified atom stereocenters. The molecule has 1 aliphatic rings. The van der Waals surface area contributed by atoms with Crippen molar-refractivity contribution in [1.29, 1.82) is 0 Å². The highest BCUT2D eigenvalue weighted by Gasteiger charge is 2.42. The van der Waals surface area contributed by atoms with Gasteiger partial charge in [0.25, 0.3) is 0 Å². The van der Waals surface area contributed by atoms with Crippen molar-refractivity contribution in [2.24, 2.45) is 11.1 Å². The van der Waals surface area contributed by atoms with Crippen molar-refractivity contribution in [3.63, 3.8) is 0 Å². The van der Waals surface area contributed by atoms with E-state index in [0.717, 1.165) is 18.4 Å². The van der Waals surface area contributed by atoms with Crippen LogP contribution in [0.4, 0.5) is 0 Å². The van der Waals surface area contributed by atoms with Gasteiger partial charge in [0, 0.05) is 12.0 Å². The summed E-state index contributed by atoms with van der Waals surface area (Å²) in [5.74, 6) is 0. The Balaban J connectivity index is 1.93. The van der Waals surface area contributed by atoms with Crippen LogP contribution < -0.4 is 5.73 Å². The first-order valence-corrected chi connectivity index (χ1v) is 7.16. The van der Waals surface area contributed by atoms with Crippen LogP contribution in [0, 0.1) is 12.3 Å². The first-order valence-electron chi connectivity index (χ1n) is 7.16. The molecule has 0 amide bonds. The van der Waals surface area contributed by atoms with Gasteiger partial charge in [0.2, 0.25) is 0 Å². The van der Waals surface area contributed by atoms with Gasteiger partial charge in [-0.1, -0.05) is 54.1 Å². The lowest BCUT2D eigenvalue weighted by Crippen LogP contribution is -2.37. The van der Waals surface area contributed by atoms with Crippen LogP contribution in [-0.4, -0.2) is 11.7 Å². The summed E-state index contributed by atoms with van der Waals surface area (Å²) in [5.41, 5.74) is 10.6. The Morgan fingerprint density at radius 1 is 1.05 bits per heavy atom. The lowest BCUT2D eigenvalue weighted by Gasteiger charge is -2.33. The third-order valence-corrected chi connectivity index (χ3v) is 4.58. The normalized spacial score (nSPS) is 17.8. The van der Waals surface area contributed by atoms with E-state index in [0.29, 0.717) is 6.54 Å². The van der Waals surface area contributed by atoms with Crippen LogP contribution >= 0.6 is 0 Å². The summed E-state index contributed by atoms with van der Waals surface area (Å²) < 4.78 is 0. The van der Waals surface area contributed by atoms with E-state index in [2.05, 4.69) is 31.2 Å². The van der Waals surface area contributed by atoms with Crippen molar-refractivity contribution in [1.82, 2.24) is 0 Å². The Morgan fingerprint density at radius 3 is 2.10 bits per heavy atom. The molecule has 0 saturated heterocycles. The van der Waals surface area contributed by atoms with E-state index in [4.69, 9.17) is 5.73 Å². The molecule has 0 aliphatic heterocycles. The van der Waals surface area contributed by atoms with Crippen molar-refractivity contribution in [3.05, 3.63) is 70.8 Å². The zero-order chi connectivity index (χ0) is 14.2. The maximum atomic E-state index is 10.9. The second-order valence-corrected chi connectivity index (χ2v) is 6.00. The fraction of sp³-hybridized carbons (Fsp3) is 0.333. The number of hydrogen-bond donors (Lipinski definition) is 2. The predicted molar refractivity (Wildman–Crippen MR) is 81.5 cm³/mol. The van der Waals surface area contributed by atoms with Crippen LogP contribution in [0.1, 0.15) is 28.4 Å². The summed E-state index contributed by atoms with van der Waals surface area (Å²) in [6.07, 6.45) is 1.20. The number of benzene rings is 2. The van der Waals surface area contributed by atoms with Crippen LogP contribution in [0.5, 0.6) is 0 Å².